The Bertz CT molecular complexity index is 817. The number of Topliss-reactive ketones (excluding diaryl/α,β-unsaturated/α-hetero) is 1. The van der Waals surface area contributed by atoms with E-state index in [-0.39, 0.29) is 11.7 Å². The Kier molecular flexibility index (Phi) is 5.34. The molecular weight excluding hydrogens is 361 g/mol. The molecule has 122 valence electrons. The molecule has 1 N–H and O–H groups in total. The fraction of sp³-hybridized carbons (Fsp3) is 0.158. The Hall–Kier alpha value is -1.68. The van der Waals surface area contributed by atoms with Crippen LogP contribution < -0.4 is 5.32 Å². The number of ketones is 1. The average molecular weight is 376 g/mol. The predicted molar refractivity (Wildman–Crippen MR) is 105 cm³/mol. The highest BCUT2D eigenvalue weighted by molar-refractivity contribution is 7.80. The van der Waals surface area contributed by atoms with Crippen LogP contribution in [0.4, 0.5) is 5.69 Å². The van der Waals surface area contributed by atoms with Gasteiger partial charge in [-0.1, -0.05) is 59.7 Å². The number of anilines is 1. The molecule has 0 aliphatic heterocycles. The van der Waals surface area contributed by atoms with E-state index in [4.69, 9.17) is 35.4 Å². The minimum absolute atomic E-state index is 0.0782. The number of hydrogen-bond donors (Lipinski definition) is 1. The zero-order chi connectivity index (χ0) is 17.1. The van der Waals surface area contributed by atoms with Gasteiger partial charge in [0.25, 0.3) is 0 Å². The fourth-order valence-corrected chi connectivity index (χ4v) is 3.37. The van der Waals surface area contributed by atoms with Gasteiger partial charge >= 0.3 is 0 Å². The van der Waals surface area contributed by atoms with Crippen molar-refractivity contribution in [2.75, 3.05) is 5.32 Å². The Morgan fingerprint density at radius 3 is 2.58 bits per heavy atom. The summed E-state index contributed by atoms with van der Waals surface area (Å²) < 4.78 is 0. The minimum Gasteiger partial charge on any atom is -0.349 e. The summed E-state index contributed by atoms with van der Waals surface area (Å²) in [5.74, 6) is -0.191. The highest BCUT2D eigenvalue weighted by atomic mass is 35.5. The van der Waals surface area contributed by atoms with Crippen LogP contribution in [0.2, 0.25) is 10.0 Å². The highest BCUT2D eigenvalue weighted by Crippen LogP contribution is 2.31. The zero-order valence-corrected chi connectivity index (χ0v) is 15.1. The summed E-state index contributed by atoms with van der Waals surface area (Å²) in [5.41, 5.74) is 2.54. The summed E-state index contributed by atoms with van der Waals surface area (Å²) in [6, 6.07) is 15.0. The molecule has 0 amide bonds. The van der Waals surface area contributed by atoms with Crippen LogP contribution in [-0.2, 0) is 4.79 Å². The summed E-state index contributed by atoms with van der Waals surface area (Å²) in [4.78, 5) is 13.2. The van der Waals surface area contributed by atoms with Gasteiger partial charge in [0.05, 0.1) is 21.0 Å². The first kappa shape index (κ1) is 17.2. The summed E-state index contributed by atoms with van der Waals surface area (Å²) in [6.07, 6.45) is 3.31. The molecule has 2 nitrogen and oxygen atoms in total. The molecule has 5 heteroatoms. The van der Waals surface area contributed by atoms with Gasteiger partial charge in [0.2, 0.25) is 0 Å². The second-order valence-electron chi connectivity index (χ2n) is 5.65. The van der Waals surface area contributed by atoms with Crippen molar-refractivity contribution in [2.24, 2.45) is 5.92 Å². The predicted octanol–water partition coefficient (Wildman–Crippen LogP) is 5.80. The largest absolute Gasteiger partial charge is 0.349 e. The molecule has 0 radical (unpaired) electrons. The number of para-hydroxylation sites is 1. The highest BCUT2D eigenvalue weighted by Gasteiger charge is 2.32. The molecule has 24 heavy (non-hydrogen) atoms. The van der Waals surface area contributed by atoms with Gasteiger partial charge in [0, 0.05) is 5.69 Å². The van der Waals surface area contributed by atoms with E-state index >= 15 is 0 Å². The Balaban J connectivity index is 1.73. The van der Waals surface area contributed by atoms with Crippen molar-refractivity contribution in [3.05, 3.63) is 69.7 Å². The monoisotopic (exact) mass is 375 g/mol. The van der Waals surface area contributed by atoms with Gasteiger partial charge < -0.3 is 5.32 Å². The number of allylic oxidation sites excluding steroid dienone is 1. The molecule has 1 saturated carbocycles. The minimum atomic E-state index is -0.269. The number of carbonyl (C=O) groups excluding carboxylic acids is 1. The fourth-order valence-electron chi connectivity index (χ4n) is 2.73. The quantitative estimate of drug-likeness (QED) is 0.543. The van der Waals surface area contributed by atoms with Crippen molar-refractivity contribution in [1.82, 2.24) is 0 Å². The van der Waals surface area contributed by atoms with Crippen LogP contribution in [0.3, 0.4) is 0 Å². The van der Waals surface area contributed by atoms with E-state index in [2.05, 4.69) is 5.32 Å². The summed E-state index contributed by atoms with van der Waals surface area (Å²) >= 11 is 17.4. The van der Waals surface area contributed by atoms with E-state index in [1.165, 1.54) is 0 Å². The third-order valence-electron chi connectivity index (χ3n) is 3.98. The summed E-state index contributed by atoms with van der Waals surface area (Å²) in [6.45, 7) is 0. The Labute approximate surface area is 156 Å². The number of thiocarbonyl (C=S) groups is 1. The molecule has 1 atom stereocenters. The van der Waals surface area contributed by atoms with Crippen LogP contribution in [0.5, 0.6) is 0 Å². The molecule has 0 heterocycles. The second-order valence-corrected chi connectivity index (χ2v) is 6.91. The van der Waals surface area contributed by atoms with Crippen LogP contribution in [0.1, 0.15) is 18.4 Å². The molecule has 2 aromatic carbocycles. The molecule has 0 aromatic heterocycles. The number of carbonyl (C=O) groups is 1. The number of rotatable bonds is 3. The standard InChI is InChI=1S/C19H15Cl2NOS/c20-16-9-6-12(11-17(16)21)10-13-7-8-15(18(13)23)19(24)22-14-4-2-1-3-5-14/h1-6,9-11,15H,7-8H2,(H,22,24)/b13-10-/t15-/m1/s1. The van der Waals surface area contributed by atoms with Crippen molar-refractivity contribution >= 4 is 58.0 Å². The van der Waals surface area contributed by atoms with E-state index in [9.17, 15) is 4.79 Å². The van der Waals surface area contributed by atoms with Crippen LogP contribution in [-0.4, -0.2) is 10.8 Å². The lowest BCUT2D eigenvalue weighted by atomic mass is 10.0. The lowest BCUT2D eigenvalue weighted by Crippen LogP contribution is -2.24. The molecule has 0 spiro atoms. The number of benzene rings is 2. The van der Waals surface area contributed by atoms with Crippen LogP contribution >= 0.6 is 35.4 Å². The van der Waals surface area contributed by atoms with Crippen LogP contribution in [0.15, 0.2) is 54.1 Å². The smallest absolute Gasteiger partial charge is 0.168 e. The van der Waals surface area contributed by atoms with Gasteiger partial charge in [-0.25, -0.2) is 0 Å². The first-order chi connectivity index (χ1) is 11.5. The normalized spacial score (nSPS) is 18.8. The van der Waals surface area contributed by atoms with Gasteiger partial charge in [0.15, 0.2) is 5.78 Å². The van der Waals surface area contributed by atoms with Gasteiger partial charge in [-0.05, 0) is 54.3 Å². The average Bonchev–Trinajstić information content (AvgIpc) is 2.93. The zero-order valence-electron chi connectivity index (χ0n) is 12.8. The lowest BCUT2D eigenvalue weighted by Gasteiger charge is -2.12. The van der Waals surface area contributed by atoms with E-state index in [1.54, 1.807) is 12.1 Å². The van der Waals surface area contributed by atoms with E-state index in [1.807, 2.05) is 42.5 Å². The van der Waals surface area contributed by atoms with Crippen molar-refractivity contribution in [2.45, 2.75) is 12.8 Å². The van der Waals surface area contributed by atoms with E-state index in [0.717, 1.165) is 23.2 Å². The third kappa shape index (κ3) is 3.86. The van der Waals surface area contributed by atoms with Gasteiger partial charge in [0.1, 0.15) is 0 Å². The molecule has 1 aliphatic rings. The van der Waals surface area contributed by atoms with Gasteiger partial charge in [-0.2, -0.15) is 0 Å². The maximum Gasteiger partial charge on any atom is 0.168 e. The molecule has 3 rings (SSSR count). The summed E-state index contributed by atoms with van der Waals surface area (Å²) in [7, 11) is 0. The SMILES string of the molecule is O=C1/C(=C\c2ccc(Cl)c(Cl)c2)CC[C@H]1C(=S)Nc1ccccc1. The Morgan fingerprint density at radius 1 is 1.12 bits per heavy atom. The third-order valence-corrected chi connectivity index (χ3v) is 5.10. The topological polar surface area (TPSA) is 29.1 Å². The van der Waals surface area contributed by atoms with Crippen molar-refractivity contribution < 1.29 is 4.79 Å². The van der Waals surface area contributed by atoms with Gasteiger partial charge in [-0.3, -0.25) is 4.79 Å². The van der Waals surface area contributed by atoms with E-state index in [0.29, 0.717) is 21.5 Å². The number of halogens is 2. The van der Waals surface area contributed by atoms with Gasteiger partial charge in [-0.15, -0.1) is 0 Å². The van der Waals surface area contributed by atoms with Crippen LogP contribution in [0.25, 0.3) is 6.08 Å². The van der Waals surface area contributed by atoms with Crippen LogP contribution in [0, 0.1) is 5.92 Å². The second kappa shape index (κ2) is 7.47. The number of hydrogen-bond acceptors (Lipinski definition) is 2. The van der Waals surface area contributed by atoms with Crippen molar-refractivity contribution in [3.63, 3.8) is 0 Å². The maximum atomic E-state index is 12.6. The molecular formula is C19H15Cl2NOS. The summed E-state index contributed by atoms with van der Waals surface area (Å²) in [5, 5.41) is 4.14. The number of nitrogens with one attached hydrogen (secondary N) is 1. The molecule has 1 fully saturated rings. The first-order valence-corrected chi connectivity index (χ1v) is 8.77. The lowest BCUT2D eigenvalue weighted by molar-refractivity contribution is -0.116. The van der Waals surface area contributed by atoms with E-state index < -0.39 is 0 Å². The van der Waals surface area contributed by atoms with Crippen molar-refractivity contribution in [1.29, 1.82) is 0 Å². The molecule has 0 bridgehead atoms. The molecule has 1 aliphatic carbocycles. The molecule has 0 unspecified atom stereocenters. The Morgan fingerprint density at radius 2 is 1.88 bits per heavy atom. The molecule has 2 aromatic rings. The first-order valence-electron chi connectivity index (χ1n) is 7.60. The molecule has 0 saturated heterocycles. The maximum absolute atomic E-state index is 12.6. The van der Waals surface area contributed by atoms with Crippen molar-refractivity contribution in [3.8, 4) is 0 Å².